The van der Waals surface area contributed by atoms with E-state index < -0.39 is 0 Å². The molecule has 0 bridgehead atoms. The van der Waals surface area contributed by atoms with Gasteiger partial charge in [0.15, 0.2) is 0 Å². The van der Waals surface area contributed by atoms with Crippen molar-refractivity contribution in [3.05, 3.63) is 205 Å². The van der Waals surface area contributed by atoms with Crippen molar-refractivity contribution < 1.29 is 0 Å². The second kappa shape index (κ2) is 12.9. The smallest absolute Gasteiger partial charge is 0.0547 e. The van der Waals surface area contributed by atoms with Crippen molar-refractivity contribution in [1.82, 2.24) is 4.57 Å². The molecule has 0 N–H and O–H groups in total. The fraction of sp³-hybridized carbons (Fsp3) is 0. The van der Waals surface area contributed by atoms with Crippen molar-refractivity contribution in [2.45, 2.75) is 0 Å². The van der Waals surface area contributed by atoms with Gasteiger partial charge in [-0.25, -0.2) is 0 Å². The molecule has 3 heteroatoms. The van der Waals surface area contributed by atoms with Crippen LogP contribution >= 0.6 is 11.6 Å². The Morgan fingerprint density at radius 1 is 0.340 bits per heavy atom. The number of hydrogen-bond donors (Lipinski definition) is 0. The fourth-order valence-electron chi connectivity index (χ4n) is 7.87. The van der Waals surface area contributed by atoms with Crippen LogP contribution in [-0.4, -0.2) is 4.57 Å². The van der Waals surface area contributed by atoms with Crippen molar-refractivity contribution in [3.8, 4) is 27.9 Å². The SMILES string of the molecule is Clc1cc(-c2ccc3c4cc5ccccc5cc4n(-c4cccc5ccccc45)c3c2)cc(N(c2ccccc2)c2ccc(-c3ccccc3)cc2)c1. The van der Waals surface area contributed by atoms with Gasteiger partial charge in [0.2, 0.25) is 0 Å². The standard InChI is InChI=1S/C50H33ClN2/c51-41-28-40(29-44(33-41)52(42-18-5-2-6-19-42)43-25-22-35(23-26-43)34-12-3-1-4-13-34)39-24-27-46-47-30-37-15-7-8-16-38(37)31-50(47)53(49(46)32-39)48-21-11-17-36-14-9-10-20-45(36)48/h1-33H. The van der Waals surface area contributed by atoms with Gasteiger partial charge in [0.05, 0.1) is 16.7 Å². The van der Waals surface area contributed by atoms with Crippen LogP contribution in [0.15, 0.2) is 200 Å². The Balaban J connectivity index is 1.16. The number of halogens is 1. The molecule has 0 aliphatic carbocycles. The Morgan fingerprint density at radius 3 is 1.74 bits per heavy atom. The first-order valence-corrected chi connectivity index (χ1v) is 18.3. The quantitative estimate of drug-likeness (QED) is 0.168. The van der Waals surface area contributed by atoms with Crippen molar-refractivity contribution in [3.63, 3.8) is 0 Å². The molecule has 1 aromatic heterocycles. The molecule has 0 aliphatic rings. The number of rotatable bonds is 6. The summed E-state index contributed by atoms with van der Waals surface area (Å²) < 4.78 is 2.44. The van der Waals surface area contributed by atoms with E-state index in [1.165, 1.54) is 49.0 Å². The van der Waals surface area contributed by atoms with Gasteiger partial charge in [0.1, 0.15) is 0 Å². The average Bonchev–Trinajstić information content (AvgIpc) is 3.52. The third-order valence-electron chi connectivity index (χ3n) is 10.4. The first kappa shape index (κ1) is 31.2. The summed E-state index contributed by atoms with van der Waals surface area (Å²) in [5, 5.41) is 8.03. The molecule has 0 saturated carbocycles. The summed E-state index contributed by atoms with van der Waals surface area (Å²) in [5.41, 5.74) is 11.1. The van der Waals surface area contributed by atoms with Gasteiger partial charge in [0.25, 0.3) is 0 Å². The van der Waals surface area contributed by atoms with Gasteiger partial charge in [-0.1, -0.05) is 145 Å². The lowest BCUT2D eigenvalue weighted by Gasteiger charge is -2.26. The second-order valence-electron chi connectivity index (χ2n) is 13.6. The minimum Gasteiger partial charge on any atom is -0.310 e. The van der Waals surface area contributed by atoms with Crippen LogP contribution in [-0.2, 0) is 0 Å². The zero-order chi connectivity index (χ0) is 35.3. The van der Waals surface area contributed by atoms with Crippen molar-refractivity contribution in [1.29, 1.82) is 0 Å². The molecule has 250 valence electrons. The zero-order valence-corrected chi connectivity index (χ0v) is 29.6. The summed E-state index contributed by atoms with van der Waals surface area (Å²) in [6.45, 7) is 0. The molecule has 2 nitrogen and oxygen atoms in total. The number of anilines is 3. The Morgan fingerprint density at radius 2 is 0.943 bits per heavy atom. The monoisotopic (exact) mass is 696 g/mol. The summed E-state index contributed by atoms with van der Waals surface area (Å²) in [6.07, 6.45) is 0. The molecular formula is C50H33ClN2. The number of benzene rings is 9. The molecule has 0 unspecified atom stereocenters. The summed E-state index contributed by atoms with van der Waals surface area (Å²) in [7, 11) is 0. The molecule has 0 fully saturated rings. The van der Waals surface area contributed by atoms with Gasteiger partial charge in [-0.3, -0.25) is 0 Å². The molecule has 0 aliphatic heterocycles. The van der Waals surface area contributed by atoms with Crippen LogP contribution in [0.3, 0.4) is 0 Å². The van der Waals surface area contributed by atoms with Crippen LogP contribution in [0.1, 0.15) is 0 Å². The van der Waals surface area contributed by atoms with Gasteiger partial charge in [-0.2, -0.15) is 0 Å². The molecule has 53 heavy (non-hydrogen) atoms. The molecule has 0 saturated heterocycles. The predicted octanol–water partition coefficient (Wildman–Crippen LogP) is 14.5. The zero-order valence-electron chi connectivity index (χ0n) is 28.8. The van der Waals surface area contributed by atoms with Crippen molar-refractivity contribution >= 4 is 72.0 Å². The third kappa shape index (κ3) is 5.52. The van der Waals surface area contributed by atoms with E-state index in [1.54, 1.807) is 0 Å². The molecular weight excluding hydrogens is 664 g/mol. The van der Waals surface area contributed by atoms with Crippen LogP contribution in [0, 0.1) is 0 Å². The van der Waals surface area contributed by atoms with Crippen molar-refractivity contribution in [2.75, 3.05) is 4.90 Å². The van der Waals surface area contributed by atoms with Gasteiger partial charge in [0, 0.05) is 38.2 Å². The van der Waals surface area contributed by atoms with Crippen molar-refractivity contribution in [2.24, 2.45) is 0 Å². The Hall–Kier alpha value is -6.61. The highest BCUT2D eigenvalue weighted by Gasteiger charge is 2.18. The molecule has 9 aromatic carbocycles. The lowest BCUT2D eigenvalue weighted by molar-refractivity contribution is 1.20. The molecule has 0 spiro atoms. The minimum absolute atomic E-state index is 0.681. The minimum atomic E-state index is 0.681. The van der Waals surface area contributed by atoms with E-state index in [-0.39, 0.29) is 0 Å². The topological polar surface area (TPSA) is 8.17 Å². The van der Waals surface area contributed by atoms with Gasteiger partial charge >= 0.3 is 0 Å². The Kier molecular flexibility index (Phi) is 7.56. The van der Waals surface area contributed by atoms with Crippen LogP contribution in [0.4, 0.5) is 17.1 Å². The molecule has 0 atom stereocenters. The second-order valence-corrected chi connectivity index (χ2v) is 14.0. The van der Waals surface area contributed by atoms with E-state index in [0.717, 1.165) is 39.4 Å². The number of aromatic nitrogens is 1. The lowest BCUT2D eigenvalue weighted by atomic mass is 10.0. The fourth-order valence-corrected chi connectivity index (χ4v) is 8.10. The van der Waals surface area contributed by atoms with E-state index >= 15 is 0 Å². The number of nitrogens with zero attached hydrogens (tertiary/aromatic N) is 2. The summed E-state index contributed by atoms with van der Waals surface area (Å²) >= 11 is 7.03. The summed E-state index contributed by atoms with van der Waals surface area (Å²) in [6, 6.07) is 71.5. The number of fused-ring (bicyclic) bond motifs is 5. The summed E-state index contributed by atoms with van der Waals surface area (Å²) in [5.74, 6) is 0. The van der Waals surface area contributed by atoms with E-state index in [0.29, 0.717) is 5.02 Å². The Labute approximate surface area is 313 Å². The predicted molar refractivity (Wildman–Crippen MR) is 226 cm³/mol. The normalized spacial score (nSPS) is 11.5. The molecule has 10 aromatic rings. The highest BCUT2D eigenvalue weighted by Crippen LogP contribution is 2.42. The maximum atomic E-state index is 7.03. The summed E-state index contributed by atoms with van der Waals surface area (Å²) in [4.78, 5) is 2.28. The number of para-hydroxylation sites is 1. The van der Waals surface area contributed by atoms with E-state index in [9.17, 15) is 0 Å². The van der Waals surface area contributed by atoms with E-state index in [2.05, 4.69) is 210 Å². The maximum absolute atomic E-state index is 7.03. The molecule has 1 heterocycles. The first-order chi connectivity index (χ1) is 26.2. The van der Waals surface area contributed by atoms with E-state index in [1.807, 2.05) is 0 Å². The lowest BCUT2D eigenvalue weighted by Crippen LogP contribution is -2.10. The van der Waals surface area contributed by atoms with Crippen LogP contribution in [0.2, 0.25) is 5.02 Å². The van der Waals surface area contributed by atoms with Gasteiger partial charge < -0.3 is 9.47 Å². The van der Waals surface area contributed by atoms with Crippen LogP contribution in [0.5, 0.6) is 0 Å². The third-order valence-corrected chi connectivity index (χ3v) is 10.6. The number of hydrogen-bond acceptors (Lipinski definition) is 1. The first-order valence-electron chi connectivity index (χ1n) is 17.9. The molecule has 10 rings (SSSR count). The Bertz CT molecular complexity index is 2940. The largest absolute Gasteiger partial charge is 0.310 e. The molecule has 0 radical (unpaired) electrons. The molecule has 0 amide bonds. The van der Waals surface area contributed by atoms with E-state index in [4.69, 9.17) is 11.6 Å². The highest BCUT2D eigenvalue weighted by atomic mass is 35.5. The maximum Gasteiger partial charge on any atom is 0.0547 e. The van der Waals surface area contributed by atoms with Gasteiger partial charge in [-0.15, -0.1) is 0 Å². The van der Waals surface area contributed by atoms with Crippen LogP contribution < -0.4 is 4.90 Å². The van der Waals surface area contributed by atoms with Gasteiger partial charge in [-0.05, 0) is 105 Å². The highest BCUT2D eigenvalue weighted by molar-refractivity contribution is 6.31. The average molecular weight is 697 g/mol. The van der Waals surface area contributed by atoms with Crippen LogP contribution in [0.25, 0.3) is 71.3 Å².